The number of aromatic nitrogens is 3. The van der Waals surface area contributed by atoms with Gasteiger partial charge in [0.2, 0.25) is 0 Å². The molecule has 3 heterocycles. The van der Waals surface area contributed by atoms with Crippen molar-refractivity contribution in [3.63, 3.8) is 0 Å². The lowest BCUT2D eigenvalue weighted by molar-refractivity contribution is -0.0221. The van der Waals surface area contributed by atoms with Crippen LogP contribution in [0.2, 0.25) is 0 Å². The van der Waals surface area contributed by atoms with E-state index < -0.39 is 16.7 Å². The molecule has 1 aliphatic heterocycles. The van der Waals surface area contributed by atoms with E-state index in [1.54, 1.807) is 6.20 Å². The third-order valence-corrected chi connectivity index (χ3v) is 6.12. The first kappa shape index (κ1) is 18.0. The van der Waals surface area contributed by atoms with Gasteiger partial charge in [0.25, 0.3) is 5.92 Å². The van der Waals surface area contributed by atoms with Crippen molar-refractivity contribution in [3.8, 4) is 11.4 Å². The molecule has 1 N–H and O–H groups in total. The summed E-state index contributed by atoms with van der Waals surface area (Å²) < 4.78 is 38.8. The molecular formula is C19H20F2N4OS. The molecule has 1 aromatic carbocycles. The minimum Gasteiger partial charge on any atom is -0.356 e. The number of nitrogens with one attached hydrogen (secondary N) is 1. The van der Waals surface area contributed by atoms with Crippen molar-refractivity contribution in [3.05, 3.63) is 36.5 Å². The Kier molecular flexibility index (Phi) is 4.67. The van der Waals surface area contributed by atoms with Crippen molar-refractivity contribution in [1.82, 2.24) is 15.0 Å². The number of H-pyrrole nitrogens is 1. The Morgan fingerprint density at radius 1 is 1.22 bits per heavy atom. The van der Waals surface area contributed by atoms with Gasteiger partial charge in [0, 0.05) is 48.3 Å². The quantitative estimate of drug-likeness (QED) is 0.732. The normalized spacial score (nSPS) is 18.0. The summed E-state index contributed by atoms with van der Waals surface area (Å²) >= 11 is 0. The van der Waals surface area contributed by atoms with E-state index in [1.807, 2.05) is 42.2 Å². The monoisotopic (exact) mass is 390 g/mol. The Morgan fingerprint density at radius 2 is 2.00 bits per heavy atom. The number of rotatable bonds is 4. The largest absolute Gasteiger partial charge is 0.356 e. The minimum atomic E-state index is -2.58. The Labute approximate surface area is 158 Å². The zero-order chi connectivity index (χ0) is 19.0. The van der Waals surface area contributed by atoms with Gasteiger partial charge in [-0.15, -0.1) is 0 Å². The average molecular weight is 390 g/mol. The van der Waals surface area contributed by atoms with E-state index in [4.69, 9.17) is 0 Å². The molecule has 0 aliphatic carbocycles. The van der Waals surface area contributed by atoms with Crippen molar-refractivity contribution < 1.29 is 13.0 Å². The Balaban J connectivity index is 1.63. The van der Waals surface area contributed by atoms with E-state index in [9.17, 15) is 13.0 Å². The number of anilines is 1. The van der Waals surface area contributed by atoms with Gasteiger partial charge in [-0.25, -0.2) is 18.7 Å². The van der Waals surface area contributed by atoms with E-state index in [1.165, 1.54) is 0 Å². The summed E-state index contributed by atoms with van der Waals surface area (Å²) in [4.78, 5) is 14.8. The first-order chi connectivity index (χ1) is 12.9. The van der Waals surface area contributed by atoms with Gasteiger partial charge in [0.15, 0.2) is 0 Å². The van der Waals surface area contributed by atoms with E-state index in [2.05, 4.69) is 15.0 Å². The van der Waals surface area contributed by atoms with Crippen molar-refractivity contribution in [2.45, 2.75) is 30.6 Å². The smallest absolute Gasteiger partial charge is 0.251 e. The van der Waals surface area contributed by atoms with Gasteiger partial charge in [-0.05, 0) is 30.3 Å². The number of benzene rings is 1. The molecule has 4 rings (SSSR count). The standard InChI is InChI=1S/C19H20F2N4OS/c1-2-27(26)14-3-4-15-16(12-14)24-18(23-15)13-5-8-22-17(11-13)25-9-6-19(20,21)7-10-25/h3-5,8,11-12H,2,6-7,9-10H2,1H3,(H,23,24). The van der Waals surface area contributed by atoms with Gasteiger partial charge in [-0.1, -0.05) is 6.92 Å². The Bertz CT molecular complexity index is 994. The fraction of sp³-hybridized carbons (Fsp3) is 0.368. The van der Waals surface area contributed by atoms with Gasteiger partial charge in [-0.3, -0.25) is 4.21 Å². The predicted octanol–water partition coefficient (Wildman–Crippen LogP) is 3.99. The third kappa shape index (κ3) is 3.71. The summed E-state index contributed by atoms with van der Waals surface area (Å²) in [6.07, 6.45) is 1.37. The van der Waals surface area contributed by atoms with Crippen molar-refractivity contribution in [2.75, 3.05) is 23.7 Å². The second-order valence-electron chi connectivity index (χ2n) is 6.64. The maximum absolute atomic E-state index is 13.4. The maximum Gasteiger partial charge on any atom is 0.251 e. The molecule has 1 unspecified atom stereocenters. The molecule has 1 aliphatic rings. The average Bonchev–Trinajstić information content (AvgIpc) is 3.11. The summed E-state index contributed by atoms with van der Waals surface area (Å²) in [5, 5.41) is 0. The summed E-state index contributed by atoms with van der Waals surface area (Å²) in [6, 6.07) is 9.25. The topological polar surface area (TPSA) is 61.9 Å². The number of imidazole rings is 1. The summed E-state index contributed by atoms with van der Waals surface area (Å²) in [5.41, 5.74) is 2.45. The second kappa shape index (κ2) is 6.99. The van der Waals surface area contributed by atoms with E-state index >= 15 is 0 Å². The number of alkyl halides is 2. The van der Waals surface area contributed by atoms with Crippen LogP contribution in [0.15, 0.2) is 41.4 Å². The Morgan fingerprint density at radius 3 is 2.74 bits per heavy atom. The molecule has 8 heteroatoms. The van der Waals surface area contributed by atoms with Crippen LogP contribution >= 0.6 is 0 Å². The first-order valence-corrected chi connectivity index (χ1v) is 10.2. The number of hydrogen-bond acceptors (Lipinski definition) is 4. The maximum atomic E-state index is 13.4. The number of halogens is 2. The number of piperidine rings is 1. The summed E-state index contributed by atoms with van der Waals surface area (Å²) in [5.74, 6) is -0.662. The predicted molar refractivity (Wildman–Crippen MR) is 103 cm³/mol. The zero-order valence-corrected chi connectivity index (χ0v) is 15.7. The summed E-state index contributed by atoms with van der Waals surface area (Å²) in [7, 11) is -1.02. The van der Waals surface area contributed by atoms with Crippen LogP contribution in [0.3, 0.4) is 0 Å². The van der Waals surface area contributed by atoms with Crippen LogP contribution < -0.4 is 4.90 Å². The lowest BCUT2D eigenvalue weighted by atomic mass is 10.1. The molecule has 3 aromatic rings. The van der Waals surface area contributed by atoms with Gasteiger partial charge >= 0.3 is 0 Å². The number of aromatic amines is 1. The minimum absolute atomic E-state index is 0.152. The van der Waals surface area contributed by atoms with Crippen molar-refractivity contribution >= 4 is 27.7 Å². The molecule has 5 nitrogen and oxygen atoms in total. The van der Waals surface area contributed by atoms with Crippen LogP contribution in [0.5, 0.6) is 0 Å². The molecule has 2 aromatic heterocycles. The molecule has 27 heavy (non-hydrogen) atoms. The fourth-order valence-corrected chi connectivity index (χ4v) is 4.04. The molecule has 1 atom stereocenters. The SMILES string of the molecule is CCS(=O)c1ccc2nc(-c3ccnc(N4CCC(F)(F)CC4)c3)[nH]c2c1. The van der Waals surface area contributed by atoms with Gasteiger partial charge in [0.05, 0.1) is 21.8 Å². The third-order valence-electron chi connectivity index (χ3n) is 4.82. The highest BCUT2D eigenvalue weighted by Gasteiger charge is 2.34. The van der Waals surface area contributed by atoms with E-state index in [0.717, 1.165) is 21.5 Å². The lowest BCUT2D eigenvalue weighted by Gasteiger charge is -2.32. The molecule has 0 spiro atoms. The number of hydrogen-bond donors (Lipinski definition) is 1. The molecule has 0 amide bonds. The van der Waals surface area contributed by atoms with Gasteiger partial charge in [0.1, 0.15) is 11.6 Å². The van der Waals surface area contributed by atoms with Crippen LogP contribution in [0.4, 0.5) is 14.6 Å². The lowest BCUT2D eigenvalue weighted by Crippen LogP contribution is -2.39. The number of pyridine rings is 1. The molecule has 1 fully saturated rings. The molecule has 0 saturated carbocycles. The van der Waals surface area contributed by atoms with Gasteiger partial charge in [-0.2, -0.15) is 0 Å². The summed E-state index contributed by atoms with van der Waals surface area (Å²) in [6.45, 7) is 2.46. The van der Waals surface area contributed by atoms with Crippen molar-refractivity contribution in [1.29, 1.82) is 0 Å². The van der Waals surface area contributed by atoms with Crippen LogP contribution in [-0.2, 0) is 10.8 Å². The molecule has 1 saturated heterocycles. The molecular weight excluding hydrogens is 370 g/mol. The van der Waals surface area contributed by atoms with Crippen LogP contribution in [-0.4, -0.2) is 43.9 Å². The van der Waals surface area contributed by atoms with Crippen LogP contribution in [0.25, 0.3) is 22.4 Å². The molecule has 142 valence electrons. The highest BCUT2D eigenvalue weighted by Crippen LogP contribution is 2.31. The van der Waals surface area contributed by atoms with Crippen LogP contribution in [0.1, 0.15) is 19.8 Å². The Hall–Kier alpha value is -2.35. The fourth-order valence-electron chi connectivity index (χ4n) is 3.24. The zero-order valence-electron chi connectivity index (χ0n) is 14.9. The van der Waals surface area contributed by atoms with E-state index in [0.29, 0.717) is 17.4 Å². The van der Waals surface area contributed by atoms with Crippen LogP contribution in [0, 0.1) is 0 Å². The number of fused-ring (bicyclic) bond motifs is 1. The molecule has 0 radical (unpaired) electrons. The highest BCUT2D eigenvalue weighted by atomic mass is 32.2. The number of nitrogens with zero attached hydrogens (tertiary/aromatic N) is 3. The second-order valence-corrected chi connectivity index (χ2v) is 8.38. The first-order valence-electron chi connectivity index (χ1n) is 8.92. The van der Waals surface area contributed by atoms with E-state index in [-0.39, 0.29) is 25.9 Å². The molecule has 0 bridgehead atoms. The highest BCUT2D eigenvalue weighted by molar-refractivity contribution is 7.85. The van der Waals surface area contributed by atoms with Crippen molar-refractivity contribution in [2.24, 2.45) is 0 Å². The van der Waals surface area contributed by atoms with Gasteiger partial charge < -0.3 is 9.88 Å².